The lowest BCUT2D eigenvalue weighted by molar-refractivity contribution is 0.116. The topological polar surface area (TPSA) is 15.3 Å². The van der Waals surface area contributed by atoms with Gasteiger partial charge in [0.2, 0.25) is 0 Å². The Kier molecular flexibility index (Phi) is 5.62. The maximum Gasteiger partial charge on any atom is 0.0192 e. The van der Waals surface area contributed by atoms with E-state index in [-0.39, 0.29) is 0 Å². The monoisotopic (exact) mass is 212 g/mol. The van der Waals surface area contributed by atoms with Crippen LogP contribution < -0.4 is 5.32 Å². The maximum atomic E-state index is 3.44. The summed E-state index contributed by atoms with van der Waals surface area (Å²) in [5.74, 6) is 0.926. The van der Waals surface area contributed by atoms with Crippen molar-refractivity contribution in [2.75, 3.05) is 20.1 Å². The highest BCUT2D eigenvalue weighted by Crippen LogP contribution is 2.22. The number of likely N-dealkylation sites (N-methyl/N-ethyl adjacent to an activating group) is 1. The van der Waals surface area contributed by atoms with Crippen LogP contribution >= 0.6 is 0 Å². The predicted octanol–water partition coefficient (Wildman–Crippen LogP) is 2.49. The van der Waals surface area contributed by atoms with Gasteiger partial charge in [-0.1, -0.05) is 20.3 Å². The molecule has 1 fully saturated rings. The summed E-state index contributed by atoms with van der Waals surface area (Å²) >= 11 is 0. The molecule has 0 amide bonds. The molecular formula is C13H28N2. The van der Waals surface area contributed by atoms with E-state index in [1.54, 1.807) is 0 Å². The van der Waals surface area contributed by atoms with Crippen molar-refractivity contribution in [2.45, 2.75) is 58.5 Å². The molecule has 2 heteroatoms. The molecule has 0 aliphatic carbocycles. The number of nitrogens with zero attached hydrogens (tertiary/aromatic N) is 1. The molecule has 0 radical (unpaired) electrons. The molecule has 3 atom stereocenters. The zero-order valence-corrected chi connectivity index (χ0v) is 10.9. The standard InChI is InChI=1S/C13H28N2/c1-5-6-13(14-4)10-15-8-7-11(2)9-12(15)3/h11-14H,5-10H2,1-4H3. The first-order chi connectivity index (χ1) is 7.17. The quantitative estimate of drug-likeness (QED) is 0.753. The van der Waals surface area contributed by atoms with Gasteiger partial charge >= 0.3 is 0 Å². The van der Waals surface area contributed by atoms with E-state index in [1.807, 2.05) is 0 Å². The normalized spacial score (nSPS) is 30.4. The van der Waals surface area contributed by atoms with Gasteiger partial charge in [-0.15, -0.1) is 0 Å². The van der Waals surface area contributed by atoms with Crippen molar-refractivity contribution >= 4 is 0 Å². The van der Waals surface area contributed by atoms with Crippen molar-refractivity contribution in [3.05, 3.63) is 0 Å². The van der Waals surface area contributed by atoms with Gasteiger partial charge in [-0.2, -0.15) is 0 Å². The molecule has 1 aliphatic heterocycles. The second kappa shape index (κ2) is 6.49. The highest BCUT2D eigenvalue weighted by Gasteiger charge is 2.24. The number of hydrogen-bond donors (Lipinski definition) is 1. The minimum atomic E-state index is 0.686. The zero-order chi connectivity index (χ0) is 11.3. The number of rotatable bonds is 5. The van der Waals surface area contributed by atoms with Crippen LogP contribution in [0.25, 0.3) is 0 Å². The molecule has 3 unspecified atom stereocenters. The molecule has 1 aliphatic rings. The molecule has 1 heterocycles. The highest BCUT2D eigenvalue weighted by molar-refractivity contribution is 4.80. The highest BCUT2D eigenvalue weighted by atomic mass is 15.2. The first-order valence-electron chi connectivity index (χ1n) is 6.58. The van der Waals surface area contributed by atoms with Crippen LogP contribution in [0.4, 0.5) is 0 Å². The van der Waals surface area contributed by atoms with E-state index >= 15 is 0 Å². The van der Waals surface area contributed by atoms with Gasteiger partial charge in [0.25, 0.3) is 0 Å². The van der Waals surface area contributed by atoms with E-state index in [9.17, 15) is 0 Å². The fraction of sp³-hybridized carbons (Fsp3) is 1.00. The predicted molar refractivity (Wildman–Crippen MR) is 67.2 cm³/mol. The number of likely N-dealkylation sites (tertiary alicyclic amines) is 1. The SMILES string of the molecule is CCCC(CN1CCC(C)CC1C)NC. The molecule has 0 bridgehead atoms. The average molecular weight is 212 g/mol. The van der Waals surface area contributed by atoms with E-state index in [4.69, 9.17) is 0 Å². The fourth-order valence-corrected chi connectivity index (χ4v) is 2.69. The second-order valence-electron chi connectivity index (χ2n) is 5.25. The third-order valence-electron chi connectivity index (χ3n) is 3.78. The van der Waals surface area contributed by atoms with Crippen molar-refractivity contribution in [3.63, 3.8) is 0 Å². The molecule has 0 aromatic carbocycles. The van der Waals surface area contributed by atoms with E-state index in [0.29, 0.717) is 6.04 Å². The minimum absolute atomic E-state index is 0.686. The Labute approximate surface area is 95.4 Å². The van der Waals surface area contributed by atoms with E-state index in [1.165, 1.54) is 38.8 Å². The molecule has 90 valence electrons. The van der Waals surface area contributed by atoms with Crippen molar-refractivity contribution in [2.24, 2.45) is 5.92 Å². The summed E-state index contributed by atoms with van der Waals surface area (Å²) in [5.41, 5.74) is 0. The van der Waals surface area contributed by atoms with Gasteiger partial charge in [0, 0.05) is 18.6 Å². The Balaban J connectivity index is 2.35. The second-order valence-corrected chi connectivity index (χ2v) is 5.25. The molecule has 0 saturated carbocycles. The van der Waals surface area contributed by atoms with Crippen LogP contribution in [0.5, 0.6) is 0 Å². The van der Waals surface area contributed by atoms with Crippen LogP contribution in [-0.4, -0.2) is 37.1 Å². The summed E-state index contributed by atoms with van der Waals surface area (Å²) in [6, 6.07) is 1.47. The lowest BCUT2D eigenvalue weighted by Gasteiger charge is -2.38. The summed E-state index contributed by atoms with van der Waals surface area (Å²) in [7, 11) is 2.09. The smallest absolute Gasteiger partial charge is 0.0192 e. The van der Waals surface area contributed by atoms with Crippen LogP contribution in [-0.2, 0) is 0 Å². The van der Waals surface area contributed by atoms with Crippen LogP contribution in [0, 0.1) is 5.92 Å². The van der Waals surface area contributed by atoms with Gasteiger partial charge in [-0.25, -0.2) is 0 Å². The van der Waals surface area contributed by atoms with Crippen LogP contribution in [0.3, 0.4) is 0 Å². The van der Waals surface area contributed by atoms with Crippen LogP contribution in [0.2, 0.25) is 0 Å². The van der Waals surface area contributed by atoms with Crippen LogP contribution in [0.1, 0.15) is 46.5 Å². The molecule has 0 aromatic heterocycles. The summed E-state index contributed by atoms with van der Waals surface area (Å²) in [4.78, 5) is 2.66. The maximum absolute atomic E-state index is 3.44. The fourth-order valence-electron chi connectivity index (χ4n) is 2.69. The van der Waals surface area contributed by atoms with Gasteiger partial charge in [-0.05, 0) is 45.7 Å². The van der Waals surface area contributed by atoms with Crippen molar-refractivity contribution in [1.82, 2.24) is 10.2 Å². The Morgan fingerprint density at radius 1 is 1.40 bits per heavy atom. The number of nitrogens with one attached hydrogen (secondary N) is 1. The third-order valence-corrected chi connectivity index (χ3v) is 3.78. The molecule has 1 rings (SSSR count). The lowest BCUT2D eigenvalue weighted by Crippen LogP contribution is -2.47. The van der Waals surface area contributed by atoms with Gasteiger partial charge in [-0.3, -0.25) is 4.90 Å². The Bertz CT molecular complexity index is 170. The van der Waals surface area contributed by atoms with E-state index in [0.717, 1.165) is 12.0 Å². The largest absolute Gasteiger partial charge is 0.316 e. The molecule has 15 heavy (non-hydrogen) atoms. The molecule has 0 aromatic rings. The Morgan fingerprint density at radius 3 is 2.67 bits per heavy atom. The minimum Gasteiger partial charge on any atom is -0.316 e. The van der Waals surface area contributed by atoms with Gasteiger partial charge in [0.15, 0.2) is 0 Å². The van der Waals surface area contributed by atoms with E-state index < -0.39 is 0 Å². The van der Waals surface area contributed by atoms with E-state index in [2.05, 4.69) is 38.0 Å². The summed E-state index contributed by atoms with van der Waals surface area (Å²) in [6.45, 7) is 9.57. The van der Waals surface area contributed by atoms with Gasteiger partial charge < -0.3 is 5.32 Å². The lowest BCUT2D eigenvalue weighted by atomic mass is 9.93. The Hall–Kier alpha value is -0.0800. The number of piperidine rings is 1. The first kappa shape index (κ1) is 13.0. The zero-order valence-electron chi connectivity index (χ0n) is 10.9. The Morgan fingerprint density at radius 2 is 2.13 bits per heavy atom. The summed E-state index contributed by atoms with van der Waals surface area (Å²) < 4.78 is 0. The molecule has 2 nitrogen and oxygen atoms in total. The summed E-state index contributed by atoms with van der Waals surface area (Å²) in [5, 5.41) is 3.44. The molecule has 1 saturated heterocycles. The average Bonchev–Trinajstić information content (AvgIpc) is 2.21. The molecular weight excluding hydrogens is 184 g/mol. The van der Waals surface area contributed by atoms with Crippen molar-refractivity contribution < 1.29 is 0 Å². The van der Waals surface area contributed by atoms with Gasteiger partial charge in [0.05, 0.1) is 0 Å². The molecule has 0 spiro atoms. The van der Waals surface area contributed by atoms with Crippen molar-refractivity contribution in [1.29, 1.82) is 0 Å². The summed E-state index contributed by atoms with van der Waals surface area (Å²) in [6.07, 6.45) is 5.34. The van der Waals surface area contributed by atoms with Crippen LogP contribution in [0.15, 0.2) is 0 Å². The number of hydrogen-bond acceptors (Lipinski definition) is 2. The van der Waals surface area contributed by atoms with Crippen molar-refractivity contribution in [3.8, 4) is 0 Å². The first-order valence-corrected chi connectivity index (χ1v) is 6.58. The molecule has 1 N–H and O–H groups in total. The van der Waals surface area contributed by atoms with Gasteiger partial charge in [0.1, 0.15) is 0 Å². The third kappa shape index (κ3) is 4.12.